The maximum absolute atomic E-state index is 13.5. The van der Waals surface area contributed by atoms with Gasteiger partial charge in [0.05, 0.1) is 5.92 Å². The SMILES string of the molecule is O=C(CC1C2CCC1CN(P)C2)C1c2ccccc2Oc2ccccc21. The van der Waals surface area contributed by atoms with Gasteiger partial charge >= 0.3 is 0 Å². The van der Waals surface area contributed by atoms with Crippen molar-refractivity contribution >= 4 is 15.2 Å². The third kappa shape index (κ3) is 2.69. The second kappa shape index (κ2) is 6.48. The summed E-state index contributed by atoms with van der Waals surface area (Å²) in [5, 5.41) is 0. The number of benzene rings is 2. The fraction of sp³-hybridized carbons (Fsp3) is 0.409. The Labute approximate surface area is 157 Å². The summed E-state index contributed by atoms with van der Waals surface area (Å²) in [6.07, 6.45) is 3.24. The molecule has 5 rings (SSSR count). The van der Waals surface area contributed by atoms with Crippen molar-refractivity contribution in [3.05, 3.63) is 59.7 Å². The summed E-state index contributed by atoms with van der Waals surface area (Å²) in [7, 11) is 2.86. The Balaban J connectivity index is 1.47. The second-order valence-corrected chi connectivity index (χ2v) is 8.73. The first-order chi connectivity index (χ1) is 12.7. The molecule has 2 aromatic rings. The minimum atomic E-state index is -0.190. The largest absolute Gasteiger partial charge is 0.457 e. The molecule has 2 aliphatic heterocycles. The molecule has 134 valence electrons. The van der Waals surface area contributed by atoms with Crippen LogP contribution in [0.2, 0.25) is 0 Å². The normalized spacial score (nSPS) is 27.5. The van der Waals surface area contributed by atoms with Gasteiger partial charge in [-0.2, -0.15) is 0 Å². The number of carbonyl (C=O) groups is 1. The molecule has 0 amide bonds. The Hall–Kier alpha value is -1.70. The van der Waals surface area contributed by atoms with E-state index in [1.54, 1.807) is 0 Å². The summed E-state index contributed by atoms with van der Waals surface area (Å²) in [5.41, 5.74) is 2.04. The van der Waals surface area contributed by atoms with Gasteiger partial charge in [0.2, 0.25) is 0 Å². The number of Topliss-reactive ketones (excluding diaryl/α,β-unsaturated/α-hetero) is 1. The summed E-state index contributed by atoms with van der Waals surface area (Å²) in [6, 6.07) is 16.0. The van der Waals surface area contributed by atoms with Crippen LogP contribution in [0.4, 0.5) is 0 Å². The van der Waals surface area contributed by atoms with Crippen LogP contribution in [-0.2, 0) is 4.79 Å². The van der Waals surface area contributed by atoms with Gasteiger partial charge < -0.3 is 4.74 Å². The maximum Gasteiger partial charge on any atom is 0.145 e. The van der Waals surface area contributed by atoms with Crippen molar-refractivity contribution in [2.45, 2.75) is 25.2 Å². The highest BCUT2D eigenvalue weighted by Crippen LogP contribution is 2.48. The molecule has 3 nitrogen and oxygen atoms in total. The summed E-state index contributed by atoms with van der Waals surface area (Å²) >= 11 is 0. The Morgan fingerprint density at radius 1 is 0.962 bits per heavy atom. The highest BCUT2D eigenvalue weighted by atomic mass is 31.0. The molecule has 4 heteroatoms. The van der Waals surface area contributed by atoms with Crippen LogP contribution in [0.15, 0.2) is 48.5 Å². The molecule has 3 aliphatic rings. The average molecular weight is 365 g/mol. The molecule has 1 saturated heterocycles. The Kier molecular flexibility index (Phi) is 4.10. The van der Waals surface area contributed by atoms with Crippen molar-refractivity contribution in [3.8, 4) is 11.5 Å². The fourth-order valence-electron chi connectivity index (χ4n) is 5.31. The van der Waals surface area contributed by atoms with E-state index in [9.17, 15) is 4.79 Å². The number of nitrogens with zero attached hydrogens (tertiary/aromatic N) is 1. The van der Waals surface area contributed by atoms with Crippen molar-refractivity contribution in [1.82, 2.24) is 4.67 Å². The lowest BCUT2D eigenvalue weighted by atomic mass is 9.76. The van der Waals surface area contributed by atoms with Crippen LogP contribution < -0.4 is 4.74 Å². The summed E-state index contributed by atoms with van der Waals surface area (Å²) in [5.74, 6) is 3.69. The minimum Gasteiger partial charge on any atom is -0.457 e. The number of ketones is 1. The third-order valence-corrected chi connectivity index (χ3v) is 6.92. The zero-order valence-corrected chi connectivity index (χ0v) is 16.0. The van der Waals surface area contributed by atoms with Crippen LogP contribution in [0.25, 0.3) is 0 Å². The molecule has 0 N–H and O–H groups in total. The Morgan fingerprint density at radius 3 is 2.08 bits per heavy atom. The monoisotopic (exact) mass is 365 g/mol. The van der Waals surface area contributed by atoms with Gasteiger partial charge in [-0.1, -0.05) is 45.8 Å². The van der Waals surface area contributed by atoms with E-state index in [1.807, 2.05) is 48.5 Å². The van der Waals surface area contributed by atoms with Crippen molar-refractivity contribution in [1.29, 1.82) is 0 Å². The topological polar surface area (TPSA) is 29.5 Å². The first-order valence-electron chi connectivity index (χ1n) is 9.59. The molecule has 3 atom stereocenters. The number of ether oxygens (including phenoxy) is 1. The van der Waals surface area contributed by atoms with Gasteiger partial charge in [-0.3, -0.25) is 9.46 Å². The van der Waals surface area contributed by atoms with Gasteiger partial charge in [0.1, 0.15) is 17.3 Å². The van der Waals surface area contributed by atoms with Gasteiger partial charge in [0.15, 0.2) is 0 Å². The van der Waals surface area contributed by atoms with Crippen molar-refractivity contribution in [2.24, 2.45) is 17.8 Å². The predicted octanol–water partition coefficient (Wildman–Crippen LogP) is 4.63. The number of hydrogen-bond donors (Lipinski definition) is 0. The van der Waals surface area contributed by atoms with Gasteiger partial charge in [0.25, 0.3) is 0 Å². The smallest absolute Gasteiger partial charge is 0.145 e. The number of rotatable bonds is 3. The van der Waals surface area contributed by atoms with Crippen LogP contribution in [-0.4, -0.2) is 23.5 Å². The molecular weight excluding hydrogens is 341 g/mol. The lowest BCUT2D eigenvalue weighted by Crippen LogP contribution is -2.38. The lowest BCUT2D eigenvalue weighted by molar-refractivity contribution is -0.121. The summed E-state index contributed by atoms with van der Waals surface area (Å²) in [6.45, 7) is 2.22. The van der Waals surface area contributed by atoms with Crippen molar-refractivity contribution in [2.75, 3.05) is 13.1 Å². The van der Waals surface area contributed by atoms with Crippen LogP contribution in [0.5, 0.6) is 11.5 Å². The average Bonchev–Trinajstić information content (AvgIpc) is 2.88. The quantitative estimate of drug-likeness (QED) is 0.743. The zero-order chi connectivity index (χ0) is 17.7. The molecule has 1 saturated carbocycles. The second-order valence-electron chi connectivity index (χ2n) is 8.00. The molecule has 2 aromatic carbocycles. The van der Waals surface area contributed by atoms with E-state index in [0.29, 0.717) is 30.0 Å². The Morgan fingerprint density at radius 2 is 1.50 bits per heavy atom. The van der Waals surface area contributed by atoms with E-state index in [1.165, 1.54) is 12.8 Å². The van der Waals surface area contributed by atoms with E-state index < -0.39 is 0 Å². The van der Waals surface area contributed by atoms with E-state index in [2.05, 4.69) is 14.1 Å². The third-order valence-electron chi connectivity index (χ3n) is 6.50. The molecule has 26 heavy (non-hydrogen) atoms. The molecule has 2 bridgehead atoms. The van der Waals surface area contributed by atoms with E-state index >= 15 is 0 Å². The first-order valence-corrected chi connectivity index (χ1v) is 10.1. The van der Waals surface area contributed by atoms with Crippen LogP contribution in [0.1, 0.15) is 36.3 Å². The molecule has 0 aromatic heterocycles. The first kappa shape index (κ1) is 16.5. The van der Waals surface area contributed by atoms with Gasteiger partial charge in [-0.25, -0.2) is 0 Å². The number of carbonyl (C=O) groups excluding carboxylic acids is 1. The van der Waals surface area contributed by atoms with Gasteiger partial charge in [-0.15, -0.1) is 0 Å². The molecule has 1 aliphatic carbocycles. The maximum atomic E-state index is 13.5. The number of piperidine rings is 1. The number of fused-ring (bicyclic) bond motifs is 4. The van der Waals surface area contributed by atoms with E-state index in [0.717, 1.165) is 35.7 Å². The highest BCUT2D eigenvalue weighted by molar-refractivity contribution is 7.13. The van der Waals surface area contributed by atoms with E-state index in [4.69, 9.17) is 4.74 Å². The van der Waals surface area contributed by atoms with Crippen LogP contribution in [0, 0.1) is 17.8 Å². The number of hydrogen-bond acceptors (Lipinski definition) is 3. The highest BCUT2D eigenvalue weighted by Gasteiger charge is 2.43. The molecule has 0 spiro atoms. The zero-order valence-electron chi connectivity index (χ0n) is 14.8. The van der Waals surface area contributed by atoms with Crippen molar-refractivity contribution < 1.29 is 9.53 Å². The van der Waals surface area contributed by atoms with E-state index in [-0.39, 0.29) is 5.92 Å². The lowest BCUT2D eigenvalue weighted by Gasteiger charge is -2.36. The molecule has 3 unspecified atom stereocenters. The molecular formula is C22H24NO2P. The fourth-order valence-corrected chi connectivity index (χ4v) is 5.85. The molecule has 0 radical (unpaired) electrons. The molecule has 2 heterocycles. The summed E-state index contributed by atoms with van der Waals surface area (Å²) < 4.78 is 8.42. The van der Waals surface area contributed by atoms with Crippen molar-refractivity contribution in [3.63, 3.8) is 0 Å². The van der Waals surface area contributed by atoms with Crippen LogP contribution in [0.3, 0.4) is 0 Å². The minimum absolute atomic E-state index is 0.190. The number of para-hydroxylation sites is 2. The molecule has 2 fully saturated rings. The summed E-state index contributed by atoms with van der Waals surface area (Å²) in [4.78, 5) is 13.5. The standard InChI is InChI=1S/C22H24NO2P/c24-19(11-18-14-9-10-15(18)13-23(26)12-14)22-16-5-1-3-7-20(16)25-21-8-4-2-6-17(21)22/h1-8,14-15,18,22H,9-13,26H2. The predicted molar refractivity (Wildman–Crippen MR) is 105 cm³/mol. The van der Waals surface area contributed by atoms with Gasteiger partial charge in [0, 0.05) is 30.6 Å². The van der Waals surface area contributed by atoms with Gasteiger partial charge in [-0.05, 0) is 42.7 Å². The van der Waals surface area contributed by atoms with Crippen LogP contribution >= 0.6 is 9.39 Å². The Bertz CT molecular complexity index is 792.